The quantitative estimate of drug-likeness (QED) is 0.220. The van der Waals surface area contributed by atoms with Crippen molar-refractivity contribution in [2.45, 2.75) is 32.7 Å². The Hall–Kier alpha value is -1.32. The number of aryl methyl sites for hydroxylation is 1. The summed E-state index contributed by atoms with van der Waals surface area (Å²) in [4.78, 5) is 10.3. The normalized spacial score (nSPS) is 16.6. The maximum absolute atomic E-state index is 5.50. The van der Waals surface area contributed by atoms with Gasteiger partial charge < -0.3 is 20.4 Å². The Morgan fingerprint density at radius 3 is 2.69 bits per heavy atom. The third-order valence-electron chi connectivity index (χ3n) is 5.58. The number of rotatable bonds is 8. The maximum atomic E-state index is 5.50. The number of H-pyrrole nitrogens is 1. The predicted octanol–water partition coefficient (Wildman–Crippen LogP) is 3.24. The van der Waals surface area contributed by atoms with Crippen molar-refractivity contribution in [3.8, 4) is 0 Å². The third kappa shape index (κ3) is 6.86. The number of nitrogens with one attached hydrogen (secondary N) is 3. The number of aromatic nitrogens is 1. The highest BCUT2D eigenvalue weighted by Crippen LogP contribution is 2.18. The van der Waals surface area contributed by atoms with Crippen LogP contribution in [0, 0.1) is 5.92 Å². The van der Waals surface area contributed by atoms with E-state index in [9.17, 15) is 0 Å². The molecule has 1 unspecified atom stereocenters. The van der Waals surface area contributed by atoms with E-state index in [1.165, 1.54) is 16.5 Å². The van der Waals surface area contributed by atoms with E-state index in [0.29, 0.717) is 12.0 Å². The molecule has 0 aliphatic carbocycles. The van der Waals surface area contributed by atoms with Crippen LogP contribution >= 0.6 is 24.0 Å². The summed E-state index contributed by atoms with van der Waals surface area (Å²) in [6, 6.07) is 8.98. The second kappa shape index (κ2) is 12.4. The van der Waals surface area contributed by atoms with Gasteiger partial charge in [0, 0.05) is 56.4 Å². The zero-order valence-electron chi connectivity index (χ0n) is 17.9. The van der Waals surface area contributed by atoms with E-state index in [0.717, 1.165) is 58.2 Å². The molecule has 1 atom stereocenters. The lowest BCUT2D eigenvalue weighted by Crippen LogP contribution is -2.52. The molecule has 2 aromatic rings. The number of fused-ring (bicyclic) bond motifs is 1. The molecule has 3 rings (SSSR count). The Labute approximate surface area is 191 Å². The zero-order valence-corrected chi connectivity index (χ0v) is 20.2. The number of hydrogen-bond donors (Lipinski definition) is 3. The van der Waals surface area contributed by atoms with Crippen LogP contribution in [-0.4, -0.2) is 68.3 Å². The number of hydrogen-bond acceptors (Lipinski definition) is 3. The molecule has 29 heavy (non-hydrogen) atoms. The summed E-state index contributed by atoms with van der Waals surface area (Å²) in [5.41, 5.74) is 2.60. The van der Waals surface area contributed by atoms with E-state index in [-0.39, 0.29) is 24.0 Å². The number of nitrogens with zero attached hydrogens (tertiary/aromatic N) is 2. The molecule has 1 aliphatic rings. The van der Waals surface area contributed by atoms with Crippen LogP contribution in [0.1, 0.15) is 25.8 Å². The Balaban J connectivity index is 0.00000300. The number of ether oxygens (including phenoxy) is 1. The summed E-state index contributed by atoms with van der Waals surface area (Å²) in [6.07, 6.45) is 4.25. The maximum Gasteiger partial charge on any atom is 0.191 e. The van der Waals surface area contributed by atoms with Gasteiger partial charge in [-0.3, -0.25) is 9.89 Å². The highest BCUT2D eigenvalue weighted by molar-refractivity contribution is 14.0. The summed E-state index contributed by atoms with van der Waals surface area (Å²) in [7, 11) is 1.84. The minimum Gasteiger partial charge on any atom is -0.379 e. The first-order valence-electron chi connectivity index (χ1n) is 10.5. The minimum atomic E-state index is 0. The Morgan fingerprint density at radius 2 is 1.97 bits per heavy atom. The predicted molar refractivity (Wildman–Crippen MR) is 132 cm³/mol. The monoisotopic (exact) mass is 513 g/mol. The molecule has 162 valence electrons. The summed E-state index contributed by atoms with van der Waals surface area (Å²) in [5.74, 6) is 1.48. The van der Waals surface area contributed by atoms with Gasteiger partial charge in [0.1, 0.15) is 0 Å². The minimum absolute atomic E-state index is 0. The van der Waals surface area contributed by atoms with Crippen LogP contribution in [-0.2, 0) is 11.2 Å². The number of morpholine rings is 1. The van der Waals surface area contributed by atoms with Crippen molar-refractivity contribution in [1.82, 2.24) is 20.5 Å². The fraction of sp³-hybridized carbons (Fsp3) is 0.591. The number of guanidine groups is 1. The molecule has 0 radical (unpaired) electrons. The molecule has 1 aliphatic heterocycles. The van der Waals surface area contributed by atoms with Gasteiger partial charge in [0.15, 0.2) is 5.96 Å². The first-order valence-corrected chi connectivity index (χ1v) is 10.5. The number of aromatic amines is 1. The molecule has 1 aromatic heterocycles. The lowest BCUT2D eigenvalue weighted by molar-refractivity contribution is 0.00752. The molecule has 0 saturated carbocycles. The standard InChI is InChI=1S/C22H35N5O.HI/c1-17(2)21(27-11-13-28-14-12-27)16-26-22(23-3)24-10-6-7-18-15-25-20-9-5-4-8-19(18)20;/h4-5,8-9,15,17,21,25H,6-7,10-14,16H2,1-3H3,(H2,23,24,26);1H. The van der Waals surface area contributed by atoms with Gasteiger partial charge in [-0.15, -0.1) is 24.0 Å². The van der Waals surface area contributed by atoms with E-state index >= 15 is 0 Å². The van der Waals surface area contributed by atoms with Gasteiger partial charge in [0.25, 0.3) is 0 Å². The lowest BCUT2D eigenvalue weighted by atomic mass is 10.0. The molecule has 0 amide bonds. The molecule has 1 saturated heterocycles. The molecule has 3 N–H and O–H groups in total. The number of halogens is 1. The molecule has 0 bridgehead atoms. The summed E-state index contributed by atoms with van der Waals surface area (Å²) in [6.45, 7) is 10.1. The van der Waals surface area contributed by atoms with Crippen LogP contribution < -0.4 is 10.6 Å². The number of para-hydroxylation sites is 1. The van der Waals surface area contributed by atoms with Crippen molar-refractivity contribution in [3.05, 3.63) is 36.0 Å². The van der Waals surface area contributed by atoms with E-state index in [1.54, 1.807) is 0 Å². The van der Waals surface area contributed by atoms with E-state index in [1.807, 2.05) is 7.05 Å². The van der Waals surface area contributed by atoms with Crippen molar-refractivity contribution in [1.29, 1.82) is 0 Å². The van der Waals surface area contributed by atoms with Crippen LogP contribution in [0.3, 0.4) is 0 Å². The Kier molecular flexibility index (Phi) is 10.2. The number of benzene rings is 1. The van der Waals surface area contributed by atoms with E-state index in [4.69, 9.17) is 4.74 Å². The number of aliphatic imine (C=N–C) groups is 1. The highest BCUT2D eigenvalue weighted by Gasteiger charge is 2.23. The molecule has 0 spiro atoms. The van der Waals surface area contributed by atoms with Crippen molar-refractivity contribution in [2.75, 3.05) is 46.4 Å². The third-order valence-corrected chi connectivity index (χ3v) is 5.58. The van der Waals surface area contributed by atoms with Gasteiger partial charge >= 0.3 is 0 Å². The SMILES string of the molecule is CN=C(NCCCc1c[nH]c2ccccc12)NCC(C(C)C)N1CCOCC1.I. The van der Waals surface area contributed by atoms with Gasteiger partial charge in [-0.25, -0.2) is 0 Å². The topological polar surface area (TPSA) is 64.7 Å². The highest BCUT2D eigenvalue weighted by atomic mass is 127. The Morgan fingerprint density at radius 1 is 1.21 bits per heavy atom. The zero-order chi connectivity index (χ0) is 19.8. The van der Waals surface area contributed by atoms with Crippen molar-refractivity contribution in [2.24, 2.45) is 10.9 Å². The first-order chi connectivity index (χ1) is 13.7. The molecule has 6 nitrogen and oxygen atoms in total. The smallest absolute Gasteiger partial charge is 0.191 e. The fourth-order valence-corrected chi connectivity index (χ4v) is 3.94. The molecular formula is C22H36IN5O. The van der Waals surface area contributed by atoms with Gasteiger partial charge in [-0.1, -0.05) is 32.0 Å². The summed E-state index contributed by atoms with van der Waals surface area (Å²) in [5, 5.41) is 8.31. The molecule has 7 heteroatoms. The largest absolute Gasteiger partial charge is 0.379 e. The average Bonchev–Trinajstić information content (AvgIpc) is 3.13. The van der Waals surface area contributed by atoms with E-state index in [2.05, 4.69) is 69.8 Å². The average molecular weight is 513 g/mol. The van der Waals surface area contributed by atoms with Crippen LogP contribution in [0.2, 0.25) is 0 Å². The Bertz CT molecular complexity index is 754. The van der Waals surface area contributed by atoms with Crippen molar-refractivity contribution in [3.63, 3.8) is 0 Å². The molecule has 1 aromatic carbocycles. The van der Waals surface area contributed by atoms with Gasteiger partial charge in [-0.2, -0.15) is 0 Å². The van der Waals surface area contributed by atoms with Crippen LogP contribution in [0.4, 0.5) is 0 Å². The summed E-state index contributed by atoms with van der Waals surface area (Å²) < 4.78 is 5.50. The second-order valence-corrected chi connectivity index (χ2v) is 7.80. The fourth-order valence-electron chi connectivity index (χ4n) is 3.94. The molecule has 2 heterocycles. The van der Waals surface area contributed by atoms with E-state index < -0.39 is 0 Å². The molecular weight excluding hydrogens is 477 g/mol. The van der Waals surface area contributed by atoms with Crippen LogP contribution in [0.5, 0.6) is 0 Å². The molecule has 1 fully saturated rings. The van der Waals surface area contributed by atoms with Gasteiger partial charge in [-0.05, 0) is 30.4 Å². The second-order valence-electron chi connectivity index (χ2n) is 7.80. The first kappa shape index (κ1) is 24.0. The van der Waals surface area contributed by atoms with Crippen LogP contribution in [0.25, 0.3) is 10.9 Å². The van der Waals surface area contributed by atoms with Crippen molar-refractivity contribution >= 4 is 40.8 Å². The van der Waals surface area contributed by atoms with Gasteiger partial charge in [0.05, 0.1) is 13.2 Å². The van der Waals surface area contributed by atoms with Gasteiger partial charge in [0.2, 0.25) is 0 Å². The van der Waals surface area contributed by atoms with Crippen molar-refractivity contribution < 1.29 is 4.74 Å². The lowest BCUT2D eigenvalue weighted by Gasteiger charge is -2.37. The summed E-state index contributed by atoms with van der Waals surface area (Å²) >= 11 is 0. The van der Waals surface area contributed by atoms with Crippen LogP contribution in [0.15, 0.2) is 35.5 Å².